The maximum atomic E-state index is 9.75. The van der Waals surface area contributed by atoms with Gasteiger partial charge in [0.1, 0.15) is 11.0 Å². The highest BCUT2D eigenvalue weighted by molar-refractivity contribution is 6.50. The van der Waals surface area contributed by atoms with E-state index in [1.54, 1.807) is 0 Å². The number of benzene rings is 1. The lowest BCUT2D eigenvalue weighted by Gasteiger charge is -1.94. The van der Waals surface area contributed by atoms with Crippen molar-refractivity contribution < 1.29 is 17.3 Å². The Morgan fingerprint density at radius 2 is 1.29 bits per heavy atom. The number of halogens is 4. The van der Waals surface area contributed by atoms with E-state index in [1.165, 1.54) is 0 Å². The Balaban J connectivity index is 0.000000171. The fourth-order valence-corrected chi connectivity index (χ4v) is 0.786. The highest BCUT2D eigenvalue weighted by Crippen LogP contribution is 2.06. The van der Waals surface area contributed by atoms with E-state index in [0.717, 1.165) is 11.0 Å². The lowest BCUT2D eigenvalue weighted by Crippen LogP contribution is -2.02. The lowest BCUT2D eigenvalue weighted by atomic mass is 10.3. The van der Waals surface area contributed by atoms with Crippen LogP contribution in [0.15, 0.2) is 24.3 Å². The van der Waals surface area contributed by atoms with Crippen molar-refractivity contribution in [2.24, 2.45) is 0 Å². The van der Waals surface area contributed by atoms with Crippen LogP contribution in [0.2, 0.25) is 0 Å². The smallest absolute Gasteiger partial charge is 0.418 e. The third-order valence-corrected chi connectivity index (χ3v) is 1.22. The van der Waals surface area contributed by atoms with Gasteiger partial charge in [0.25, 0.3) is 0 Å². The van der Waals surface area contributed by atoms with Crippen LogP contribution in [0.25, 0.3) is 11.0 Å². The number of nitrogens with zero attached hydrogens (tertiary/aromatic N) is 2. The molecule has 3 nitrogen and oxygen atoms in total. The third-order valence-electron chi connectivity index (χ3n) is 1.22. The van der Waals surface area contributed by atoms with Crippen LogP contribution in [0.5, 0.6) is 0 Å². The van der Waals surface area contributed by atoms with E-state index in [-0.39, 0.29) is 0 Å². The maximum absolute atomic E-state index is 9.75. The first-order chi connectivity index (χ1) is 6.47. The molecule has 0 saturated carbocycles. The number of rotatable bonds is 0. The van der Waals surface area contributed by atoms with Crippen molar-refractivity contribution in [3.8, 4) is 0 Å². The van der Waals surface area contributed by atoms with Crippen molar-refractivity contribution in [3.05, 3.63) is 24.3 Å². The van der Waals surface area contributed by atoms with Crippen molar-refractivity contribution in [1.29, 1.82) is 0 Å². The number of aromatic nitrogens is 3. The van der Waals surface area contributed by atoms with Crippen LogP contribution in [0.4, 0.5) is 17.3 Å². The van der Waals surface area contributed by atoms with Gasteiger partial charge in [0.2, 0.25) is 0 Å². The van der Waals surface area contributed by atoms with E-state index in [9.17, 15) is 17.3 Å². The van der Waals surface area contributed by atoms with Crippen LogP contribution in [-0.2, 0) is 0 Å². The van der Waals surface area contributed by atoms with Gasteiger partial charge in [-0.05, 0) is 12.1 Å². The number of nitrogens with one attached hydrogen (secondary N) is 1. The summed E-state index contributed by atoms with van der Waals surface area (Å²) in [4.78, 5) is 0. The molecule has 0 bridgehead atoms. The molecule has 2 aromatic rings. The van der Waals surface area contributed by atoms with E-state index in [4.69, 9.17) is 0 Å². The molecule has 0 radical (unpaired) electrons. The quantitative estimate of drug-likeness (QED) is 0.530. The van der Waals surface area contributed by atoms with Crippen molar-refractivity contribution >= 4 is 18.3 Å². The summed E-state index contributed by atoms with van der Waals surface area (Å²) >= 11 is 0. The molecule has 1 aromatic carbocycles. The first-order valence-corrected chi connectivity index (χ1v) is 3.59. The van der Waals surface area contributed by atoms with Gasteiger partial charge in [-0.2, -0.15) is 15.4 Å². The second kappa shape index (κ2) is 4.08. The molecule has 8 heteroatoms. The Morgan fingerprint density at radius 1 is 0.929 bits per heavy atom. The number of fused-ring (bicyclic) bond motifs is 1. The van der Waals surface area contributed by atoms with Gasteiger partial charge in [-0.3, -0.25) is 0 Å². The summed E-state index contributed by atoms with van der Waals surface area (Å²) in [6.07, 6.45) is 0. The zero-order valence-electron chi connectivity index (χ0n) is 6.79. The van der Waals surface area contributed by atoms with Gasteiger partial charge in [0.15, 0.2) is 0 Å². The molecule has 1 heterocycles. The van der Waals surface area contributed by atoms with Crippen LogP contribution < -0.4 is 0 Å². The molecule has 0 spiro atoms. The monoisotopic (exact) mass is 206 g/mol. The molecule has 0 saturated heterocycles. The summed E-state index contributed by atoms with van der Waals surface area (Å²) in [5.41, 5.74) is 1.83. The second-order valence-electron chi connectivity index (χ2n) is 2.31. The Labute approximate surface area is 76.2 Å². The van der Waals surface area contributed by atoms with Crippen LogP contribution in [0.1, 0.15) is 0 Å². The Morgan fingerprint density at radius 3 is 1.64 bits per heavy atom. The van der Waals surface area contributed by atoms with E-state index in [0.29, 0.717) is 0 Å². The zero-order chi connectivity index (χ0) is 10.6. The molecule has 0 amide bonds. The molecular weight excluding hydrogens is 201 g/mol. The van der Waals surface area contributed by atoms with Crippen LogP contribution in [0, 0.1) is 0 Å². The molecule has 0 aliphatic heterocycles. The summed E-state index contributed by atoms with van der Waals surface area (Å²) in [7, 11) is -6.00. The number of hydrogen-bond donors (Lipinski definition) is 1. The molecule has 2 rings (SSSR count). The number of H-pyrrole nitrogens is 1. The molecule has 14 heavy (non-hydrogen) atoms. The van der Waals surface area contributed by atoms with Gasteiger partial charge >= 0.3 is 7.25 Å². The molecular formula is C6H5BF4N3-. The molecule has 0 unspecified atom stereocenters. The Kier molecular flexibility index (Phi) is 3.05. The molecule has 0 aliphatic carbocycles. The minimum atomic E-state index is -6.00. The maximum Gasteiger partial charge on any atom is 0.673 e. The van der Waals surface area contributed by atoms with Gasteiger partial charge in [0, 0.05) is 0 Å². The average Bonchev–Trinajstić information content (AvgIpc) is 2.47. The minimum Gasteiger partial charge on any atom is -0.418 e. The van der Waals surface area contributed by atoms with Crippen LogP contribution >= 0.6 is 0 Å². The fraction of sp³-hybridized carbons (Fsp3) is 0. The second-order valence-corrected chi connectivity index (χ2v) is 2.31. The SMILES string of the molecule is F[B-](F)(F)F.c1ccc2n[nH]nc2c1. The van der Waals surface area contributed by atoms with Crippen LogP contribution in [-0.4, -0.2) is 22.7 Å². The minimum absolute atomic E-state index is 0.914. The summed E-state index contributed by atoms with van der Waals surface area (Å²) in [5, 5.41) is 10.3. The van der Waals surface area contributed by atoms with E-state index in [1.807, 2.05) is 24.3 Å². The van der Waals surface area contributed by atoms with E-state index >= 15 is 0 Å². The van der Waals surface area contributed by atoms with Gasteiger partial charge in [0.05, 0.1) is 0 Å². The predicted octanol–water partition coefficient (Wildman–Crippen LogP) is 2.26. The highest BCUT2D eigenvalue weighted by atomic mass is 19.5. The van der Waals surface area contributed by atoms with Crippen molar-refractivity contribution in [2.75, 3.05) is 0 Å². The van der Waals surface area contributed by atoms with E-state index < -0.39 is 7.25 Å². The fourth-order valence-electron chi connectivity index (χ4n) is 0.786. The van der Waals surface area contributed by atoms with Gasteiger partial charge in [-0.25, -0.2) is 0 Å². The summed E-state index contributed by atoms with van der Waals surface area (Å²) in [5.74, 6) is 0. The van der Waals surface area contributed by atoms with Crippen molar-refractivity contribution in [2.45, 2.75) is 0 Å². The average molecular weight is 206 g/mol. The first-order valence-electron chi connectivity index (χ1n) is 3.59. The molecule has 1 N–H and O–H groups in total. The zero-order valence-corrected chi connectivity index (χ0v) is 6.79. The molecule has 0 aliphatic rings. The first kappa shape index (κ1) is 10.5. The van der Waals surface area contributed by atoms with Gasteiger partial charge < -0.3 is 17.3 Å². The van der Waals surface area contributed by atoms with E-state index in [2.05, 4.69) is 15.4 Å². The normalized spacial score (nSPS) is 10.9. The van der Waals surface area contributed by atoms with Crippen LogP contribution in [0.3, 0.4) is 0 Å². The third kappa shape index (κ3) is 3.88. The number of hydrogen-bond acceptors (Lipinski definition) is 2. The summed E-state index contributed by atoms with van der Waals surface area (Å²) in [6, 6.07) is 7.70. The Bertz CT molecular complexity index is 363. The molecule has 0 atom stereocenters. The van der Waals surface area contributed by atoms with Crippen molar-refractivity contribution in [1.82, 2.24) is 15.4 Å². The highest BCUT2D eigenvalue weighted by Gasteiger charge is 2.20. The number of aromatic amines is 1. The standard InChI is InChI=1S/C6H5N3.BF4/c1-2-4-6-5(3-1)7-9-8-6;2-1(3,4)5/h1-4H,(H,7,8,9);/q;-1. The largest absolute Gasteiger partial charge is 0.673 e. The Hall–Kier alpha value is -1.60. The topological polar surface area (TPSA) is 41.6 Å². The number of para-hydroxylation sites is 2. The molecule has 76 valence electrons. The lowest BCUT2D eigenvalue weighted by molar-refractivity contribution is 0.368. The summed E-state index contributed by atoms with van der Waals surface area (Å²) in [6.45, 7) is 0. The van der Waals surface area contributed by atoms with Gasteiger partial charge in [-0.1, -0.05) is 12.1 Å². The predicted molar refractivity (Wildman–Crippen MR) is 44.1 cm³/mol. The van der Waals surface area contributed by atoms with Gasteiger partial charge in [-0.15, -0.1) is 0 Å². The summed E-state index contributed by atoms with van der Waals surface area (Å²) < 4.78 is 39.0. The van der Waals surface area contributed by atoms with Crippen molar-refractivity contribution in [3.63, 3.8) is 0 Å². The molecule has 1 aromatic heterocycles. The molecule has 0 fully saturated rings.